The fraction of sp³-hybridized carbons (Fsp3) is 0.474. The van der Waals surface area contributed by atoms with E-state index in [0.29, 0.717) is 5.56 Å². The molecule has 122 valence electrons. The number of amides is 1. The second-order valence-electron chi connectivity index (χ2n) is 6.49. The van der Waals surface area contributed by atoms with Crippen molar-refractivity contribution in [1.82, 2.24) is 5.32 Å². The van der Waals surface area contributed by atoms with Gasteiger partial charge in [-0.05, 0) is 31.9 Å². The molecule has 0 aliphatic heterocycles. The fourth-order valence-electron chi connectivity index (χ4n) is 3.29. The molecule has 1 aromatic carbocycles. The van der Waals surface area contributed by atoms with Gasteiger partial charge in [0.15, 0.2) is 0 Å². The van der Waals surface area contributed by atoms with E-state index in [4.69, 9.17) is 0 Å². The number of rotatable bonds is 3. The summed E-state index contributed by atoms with van der Waals surface area (Å²) in [6, 6.07) is 6.18. The molecule has 3 nitrogen and oxygen atoms in total. The van der Waals surface area contributed by atoms with E-state index in [1.165, 1.54) is 30.6 Å². The smallest absolute Gasteiger partial charge is 0.292 e. The van der Waals surface area contributed by atoms with Gasteiger partial charge >= 0.3 is 0 Å². The number of benzene rings is 1. The highest BCUT2D eigenvalue weighted by molar-refractivity contribution is 7.17. The van der Waals surface area contributed by atoms with E-state index in [1.54, 1.807) is 0 Å². The molecule has 1 heterocycles. The number of hydrogen-bond donors (Lipinski definition) is 1. The quantitative estimate of drug-likeness (QED) is 0.659. The molecular weight excluding hydrogens is 306 g/mol. The van der Waals surface area contributed by atoms with E-state index in [2.05, 4.69) is 5.32 Å². The lowest BCUT2D eigenvalue weighted by molar-refractivity contribution is -0.117. The first-order valence-corrected chi connectivity index (χ1v) is 9.36. The van der Waals surface area contributed by atoms with E-state index in [1.807, 2.05) is 30.5 Å². The first-order valence-electron chi connectivity index (χ1n) is 8.48. The number of hydrogen-bond acceptors (Lipinski definition) is 3. The molecule has 1 amide bonds. The van der Waals surface area contributed by atoms with Gasteiger partial charge in [0, 0.05) is 27.1 Å². The van der Waals surface area contributed by atoms with Gasteiger partial charge in [-0.3, -0.25) is 9.59 Å². The van der Waals surface area contributed by atoms with Gasteiger partial charge in [-0.2, -0.15) is 0 Å². The first kappa shape index (κ1) is 16.2. The summed E-state index contributed by atoms with van der Waals surface area (Å²) in [6.07, 6.45) is 8.01. The number of aryl methyl sites for hydroxylation is 1. The predicted octanol–water partition coefficient (Wildman–Crippen LogP) is 4.62. The van der Waals surface area contributed by atoms with Crippen molar-refractivity contribution < 1.29 is 9.59 Å². The van der Waals surface area contributed by atoms with Crippen LogP contribution in [0.5, 0.6) is 0 Å². The van der Waals surface area contributed by atoms with Crippen molar-refractivity contribution in [2.24, 2.45) is 0 Å². The van der Waals surface area contributed by atoms with Crippen LogP contribution in [0.15, 0.2) is 23.6 Å². The number of ketones is 1. The minimum absolute atomic E-state index is 0.151. The summed E-state index contributed by atoms with van der Waals surface area (Å²) < 4.78 is 1.05. The number of carbonyl (C=O) groups excluding carboxylic acids is 2. The van der Waals surface area contributed by atoms with Crippen LogP contribution in [-0.2, 0) is 4.79 Å². The van der Waals surface area contributed by atoms with Crippen molar-refractivity contribution in [2.45, 2.75) is 57.9 Å². The third kappa shape index (κ3) is 3.81. The molecule has 1 aromatic heterocycles. The highest BCUT2D eigenvalue weighted by Crippen LogP contribution is 2.27. The van der Waals surface area contributed by atoms with Gasteiger partial charge in [0.05, 0.1) is 0 Å². The number of nitrogens with one attached hydrogen (secondary N) is 1. The normalized spacial score (nSPS) is 16.7. The Bertz CT molecular complexity index is 711. The van der Waals surface area contributed by atoms with E-state index < -0.39 is 11.7 Å². The van der Waals surface area contributed by atoms with Crippen molar-refractivity contribution >= 4 is 33.1 Å². The fourth-order valence-corrected chi connectivity index (χ4v) is 4.21. The van der Waals surface area contributed by atoms with Gasteiger partial charge in [-0.25, -0.2) is 0 Å². The summed E-state index contributed by atoms with van der Waals surface area (Å²) in [5.74, 6) is -0.847. The van der Waals surface area contributed by atoms with E-state index >= 15 is 0 Å². The van der Waals surface area contributed by atoms with Gasteiger partial charge < -0.3 is 5.32 Å². The highest BCUT2D eigenvalue weighted by Gasteiger charge is 2.23. The second kappa shape index (κ2) is 7.26. The molecule has 0 saturated heterocycles. The molecule has 0 atom stereocenters. The molecule has 0 unspecified atom stereocenters. The Morgan fingerprint density at radius 1 is 1.09 bits per heavy atom. The lowest BCUT2D eigenvalue weighted by Crippen LogP contribution is -2.39. The lowest BCUT2D eigenvalue weighted by atomic mass is 9.96. The Hall–Kier alpha value is -1.68. The van der Waals surface area contributed by atoms with Crippen molar-refractivity contribution in [3.63, 3.8) is 0 Å². The Labute approximate surface area is 141 Å². The molecule has 3 rings (SSSR count). The third-order valence-electron chi connectivity index (χ3n) is 4.62. The van der Waals surface area contributed by atoms with Crippen LogP contribution in [0.4, 0.5) is 0 Å². The molecule has 0 bridgehead atoms. The zero-order chi connectivity index (χ0) is 16.2. The molecule has 0 spiro atoms. The number of carbonyl (C=O) groups is 2. The molecular formula is C19H23NO2S. The predicted molar refractivity (Wildman–Crippen MR) is 95.1 cm³/mol. The van der Waals surface area contributed by atoms with Gasteiger partial charge in [0.1, 0.15) is 0 Å². The van der Waals surface area contributed by atoms with Crippen molar-refractivity contribution in [1.29, 1.82) is 0 Å². The maximum Gasteiger partial charge on any atom is 0.292 e. The Morgan fingerprint density at radius 3 is 2.52 bits per heavy atom. The summed E-state index contributed by atoms with van der Waals surface area (Å²) in [7, 11) is 0. The van der Waals surface area contributed by atoms with Crippen LogP contribution in [0, 0.1) is 6.92 Å². The number of fused-ring (bicyclic) bond motifs is 1. The summed E-state index contributed by atoms with van der Waals surface area (Å²) in [6.45, 7) is 2.00. The van der Waals surface area contributed by atoms with Gasteiger partial charge in [0.2, 0.25) is 0 Å². The first-order chi connectivity index (χ1) is 11.1. The van der Waals surface area contributed by atoms with Crippen LogP contribution in [0.2, 0.25) is 0 Å². The standard InChI is InChI=1S/C19H23NO2S/c1-13-9-10-17-15(11-13)16(12-23-17)18(21)19(22)20-14-7-5-3-2-4-6-8-14/h9-12,14H,2-8H2,1H3,(H,20,22). The molecule has 1 N–H and O–H groups in total. The molecule has 1 saturated carbocycles. The maximum absolute atomic E-state index is 12.6. The van der Waals surface area contributed by atoms with Crippen LogP contribution in [0.1, 0.15) is 60.9 Å². The van der Waals surface area contributed by atoms with Crippen LogP contribution < -0.4 is 5.32 Å². The molecule has 4 heteroatoms. The number of Topliss-reactive ketones (excluding diaryl/α,β-unsaturated/α-hetero) is 1. The molecule has 1 aliphatic rings. The van der Waals surface area contributed by atoms with E-state index in [-0.39, 0.29) is 6.04 Å². The van der Waals surface area contributed by atoms with Gasteiger partial charge in [-0.15, -0.1) is 11.3 Å². The monoisotopic (exact) mass is 329 g/mol. The molecule has 1 fully saturated rings. The summed E-state index contributed by atoms with van der Waals surface area (Å²) in [4.78, 5) is 24.9. The zero-order valence-corrected chi connectivity index (χ0v) is 14.4. The van der Waals surface area contributed by atoms with Gasteiger partial charge in [-0.1, -0.05) is 43.7 Å². The molecule has 23 heavy (non-hydrogen) atoms. The van der Waals surface area contributed by atoms with Crippen LogP contribution in [-0.4, -0.2) is 17.7 Å². The van der Waals surface area contributed by atoms with E-state index in [9.17, 15) is 9.59 Å². The SMILES string of the molecule is Cc1ccc2scc(C(=O)C(=O)NC3CCCCCCC3)c2c1. The van der Waals surface area contributed by atoms with Gasteiger partial charge in [0.25, 0.3) is 11.7 Å². The number of thiophene rings is 1. The van der Waals surface area contributed by atoms with E-state index in [0.717, 1.165) is 41.3 Å². The molecule has 1 aliphatic carbocycles. The summed E-state index contributed by atoms with van der Waals surface area (Å²) in [5.41, 5.74) is 1.64. The minimum Gasteiger partial charge on any atom is -0.346 e. The Kier molecular flexibility index (Phi) is 5.11. The van der Waals surface area contributed by atoms with Crippen molar-refractivity contribution in [3.8, 4) is 0 Å². The van der Waals surface area contributed by atoms with Crippen LogP contribution in [0.25, 0.3) is 10.1 Å². The van der Waals surface area contributed by atoms with Crippen LogP contribution in [0.3, 0.4) is 0 Å². The molecule has 2 aromatic rings. The average molecular weight is 329 g/mol. The largest absolute Gasteiger partial charge is 0.346 e. The zero-order valence-electron chi connectivity index (χ0n) is 13.6. The van der Waals surface area contributed by atoms with Crippen molar-refractivity contribution in [2.75, 3.05) is 0 Å². The second-order valence-corrected chi connectivity index (χ2v) is 7.40. The minimum atomic E-state index is -0.447. The lowest BCUT2D eigenvalue weighted by Gasteiger charge is -2.20. The highest BCUT2D eigenvalue weighted by atomic mass is 32.1. The third-order valence-corrected chi connectivity index (χ3v) is 5.58. The van der Waals surface area contributed by atoms with Crippen molar-refractivity contribution in [3.05, 3.63) is 34.7 Å². The van der Waals surface area contributed by atoms with Crippen LogP contribution >= 0.6 is 11.3 Å². The summed E-state index contributed by atoms with van der Waals surface area (Å²) >= 11 is 1.52. The maximum atomic E-state index is 12.6. The summed E-state index contributed by atoms with van der Waals surface area (Å²) in [5, 5.41) is 5.68. The average Bonchev–Trinajstić information content (AvgIpc) is 2.91. The Balaban J connectivity index is 1.73. The Morgan fingerprint density at radius 2 is 1.78 bits per heavy atom. The molecule has 0 radical (unpaired) electrons. The topological polar surface area (TPSA) is 46.2 Å².